The number of benzene rings is 3. The second-order valence-electron chi connectivity index (χ2n) is 6.77. The van der Waals surface area contributed by atoms with Gasteiger partial charge in [0.05, 0.1) is 10.5 Å². The Labute approximate surface area is 184 Å². The van der Waals surface area contributed by atoms with Crippen molar-refractivity contribution < 1.29 is 18.1 Å². The molecular weight excluding hydrogens is 441 g/mol. The molecule has 0 aliphatic rings. The third kappa shape index (κ3) is 4.65. The Kier molecular flexibility index (Phi) is 5.95. The first-order valence-corrected chi connectivity index (χ1v) is 10.4. The Bertz CT molecular complexity index is 1240. The molecule has 0 saturated carbocycles. The molecule has 6 nitrogen and oxygen atoms in total. The molecule has 0 unspecified atom stereocenters. The average molecular weight is 456 g/mol. The third-order valence-corrected chi connectivity index (χ3v) is 5.61. The van der Waals surface area contributed by atoms with Crippen LogP contribution in [0.5, 0.6) is 0 Å². The van der Waals surface area contributed by atoms with Crippen molar-refractivity contribution in [3.8, 4) is 17.1 Å². The third-order valence-electron chi connectivity index (χ3n) is 4.61. The molecular formula is C22H15F3N4O2S. The molecule has 0 spiro atoms. The quantitative estimate of drug-likeness (QED) is 0.198. The molecule has 0 fully saturated rings. The summed E-state index contributed by atoms with van der Waals surface area (Å²) in [6.45, 7) is 0. The van der Waals surface area contributed by atoms with Gasteiger partial charge in [-0.05, 0) is 35.9 Å². The first-order valence-electron chi connectivity index (χ1n) is 9.37. The van der Waals surface area contributed by atoms with Crippen molar-refractivity contribution in [3.63, 3.8) is 0 Å². The van der Waals surface area contributed by atoms with E-state index < -0.39 is 16.7 Å². The van der Waals surface area contributed by atoms with E-state index >= 15 is 0 Å². The molecule has 1 heterocycles. The number of nitrogens with zero attached hydrogens (tertiary/aromatic N) is 4. The number of nitro groups is 1. The number of thioether (sulfide) groups is 1. The number of para-hydroxylation sites is 1. The molecule has 32 heavy (non-hydrogen) atoms. The summed E-state index contributed by atoms with van der Waals surface area (Å²) in [5.41, 5.74) is 1.14. The van der Waals surface area contributed by atoms with E-state index in [0.29, 0.717) is 22.1 Å². The molecule has 0 aliphatic carbocycles. The molecule has 4 aromatic rings. The summed E-state index contributed by atoms with van der Waals surface area (Å²) in [7, 11) is 0. The minimum absolute atomic E-state index is 0.0429. The van der Waals surface area contributed by atoms with Crippen LogP contribution in [0.15, 0.2) is 84.0 Å². The molecule has 1 aromatic heterocycles. The molecule has 0 saturated heterocycles. The van der Waals surface area contributed by atoms with Crippen LogP contribution in [0.4, 0.5) is 18.9 Å². The van der Waals surface area contributed by atoms with E-state index in [0.717, 1.165) is 17.8 Å². The van der Waals surface area contributed by atoms with E-state index in [2.05, 4.69) is 10.2 Å². The second kappa shape index (κ2) is 8.83. The van der Waals surface area contributed by atoms with Crippen molar-refractivity contribution in [1.82, 2.24) is 14.8 Å². The highest BCUT2D eigenvalue weighted by atomic mass is 32.2. The minimum atomic E-state index is -4.41. The van der Waals surface area contributed by atoms with Crippen molar-refractivity contribution in [2.75, 3.05) is 0 Å². The maximum absolute atomic E-state index is 13.0. The highest BCUT2D eigenvalue weighted by Gasteiger charge is 2.30. The Morgan fingerprint density at radius 1 is 0.938 bits per heavy atom. The van der Waals surface area contributed by atoms with Gasteiger partial charge in [0.2, 0.25) is 0 Å². The molecule has 10 heteroatoms. The van der Waals surface area contributed by atoms with Crippen LogP contribution < -0.4 is 0 Å². The van der Waals surface area contributed by atoms with Crippen molar-refractivity contribution in [3.05, 3.63) is 100 Å². The van der Waals surface area contributed by atoms with Gasteiger partial charge in [-0.25, -0.2) is 0 Å². The van der Waals surface area contributed by atoms with E-state index in [1.807, 2.05) is 30.3 Å². The number of nitro benzene ring substituents is 1. The molecule has 0 atom stereocenters. The number of hydrogen-bond donors (Lipinski definition) is 0. The number of hydrogen-bond acceptors (Lipinski definition) is 5. The van der Waals surface area contributed by atoms with Crippen molar-refractivity contribution in [2.45, 2.75) is 17.1 Å². The normalized spacial score (nSPS) is 11.5. The van der Waals surface area contributed by atoms with Gasteiger partial charge in [0, 0.05) is 29.1 Å². The fraction of sp³-hybridized carbons (Fsp3) is 0.0909. The summed E-state index contributed by atoms with van der Waals surface area (Å²) in [6.07, 6.45) is -4.41. The molecule has 0 aliphatic heterocycles. The summed E-state index contributed by atoms with van der Waals surface area (Å²) in [5, 5.41) is 19.9. The predicted octanol–water partition coefficient (Wildman–Crippen LogP) is 6.15. The Hall–Kier alpha value is -3.66. The number of halogens is 3. The second-order valence-corrected chi connectivity index (χ2v) is 7.71. The summed E-state index contributed by atoms with van der Waals surface area (Å²) in [6, 6.07) is 20.3. The topological polar surface area (TPSA) is 73.8 Å². The van der Waals surface area contributed by atoms with Crippen LogP contribution in [0.25, 0.3) is 17.1 Å². The monoisotopic (exact) mass is 456 g/mol. The zero-order valence-corrected chi connectivity index (χ0v) is 17.2. The summed E-state index contributed by atoms with van der Waals surface area (Å²) >= 11 is 1.25. The van der Waals surface area contributed by atoms with Crippen LogP contribution in [-0.2, 0) is 11.9 Å². The molecule has 0 amide bonds. The summed E-state index contributed by atoms with van der Waals surface area (Å²) < 4.78 is 40.8. The predicted molar refractivity (Wildman–Crippen MR) is 114 cm³/mol. The van der Waals surface area contributed by atoms with Gasteiger partial charge in [-0.2, -0.15) is 13.2 Å². The number of alkyl halides is 3. The van der Waals surface area contributed by atoms with Crippen LogP contribution >= 0.6 is 11.8 Å². The van der Waals surface area contributed by atoms with Crippen molar-refractivity contribution in [1.29, 1.82) is 0 Å². The lowest BCUT2D eigenvalue weighted by atomic mass is 10.1. The maximum atomic E-state index is 13.0. The smallest absolute Gasteiger partial charge is 0.270 e. The van der Waals surface area contributed by atoms with Gasteiger partial charge >= 0.3 is 6.18 Å². The molecule has 162 valence electrons. The van der Waals surface area contributed by atoms with Crippen LogP contribution in [0.2, 0.25) is 0 Å². The molecule has 0 radical (unpaired) electrons. The fourth-order valence-corrected chi connectivity index (χ4v) is 3.97. The van der Waals surface area contributed by atoms with Crippen molar-refractivity contribution in [2.24, 2.45) is 0 Å². The summed E-state index contributed by atoms with van der Waals surface area (Å²) in [4.78, 5) is 10.5. The van der Waals surface area contributed by atoms with E-state index in [1.165, 1.54) is 30.0 Å². The highest BCUT2D eigenvalue weighted by Crippen LogP contribution is 2.33. The van der Waals surface area contributed by atoms with Gasteiger partial charge in [0.1, 0.15) is 0 Å². The molecule has 3 aromatic carbocycles. The molecule has 4 rings (SSSR count). The fourth-order valence-electron chi connectivity index (χ4n) is 3.08. The Morgan fingerprint density at radius 2 is 1.66 bits per heavy atom. The number of non-ortho nitro benzene ring substituents is 1. The zero-order chi connectivity index (χ0) is 22.7. The van der Waals surface area contributed by atoms with Gasteiger partial charge in [-0.15, -0.1) is 10.2 Å². The van der Waals surface area contributed by atoms with Crippen LogP contribution in [0.3, 0.4) is 0 Å². The van der Waals surface area contributed by atoms with Gasteiger partial charge in [0.15, 0.2) is 11.0 Å². The van der Waals surface area contributed by atoms with Gasteiger partial charge in [-0.1, -0.05) is 48.2 Å². The largest absolute Gasteiger partial charge is 0.416 e. The molecule has 0 bridgehead atoms. The lowest BCUT2D eigenvalue weighted by Gasteiger charge is -2.11. The first-order chi connectivity index (χ1) is 15.3. The van der Waals surface area contributed by atoms with Crippen molar-refractivity contribution >= 4 is 17.4 Å². The number of rotatable bonds is 6. The number of aromatic nitrogens is 3. The lowest BCUT2D eigenvalue weighted by Crippen LogP contribution is -2.05. The van der Waals surface area contributed by atoms with E-state index in [4.69, 9.17) is 0 Å². The maximum Gasteiger partial charge on any atom is 0.416 e. The van der Waals surface area contributed by atoms with Crippen LogP contribution in [0.1, 0.15) is 11.1 Å². The van der Waals surface area contributed by atoms with Crippen LogP contribution in [-0.4, -0.2) is 19.7 Å². The van der Waals surface area contributed by atoms with Crippen LogP contribution in [0, 0.1) is 10.1 Å². The lowest BCUT2D eigenvalue weighted by molar-refractivity contribution is -0.384. The van der Waals surface area contributed by atoms with Gasteiger partial charge in [0.25, 0.3) is 5.69 Å². The van der Waals surface area contributed by atoms with E-state index in [1.54, 1.807) is 22.8 Å². The minimum Gasteiger partial charge on any atom is -0.270 e. The summed E-state index contributed by atoms with van der Waals surface area (Å²) in [5.74, 6) is 0.729. The standard InChI is InChI=1S/C22H15F3N4O2S/c23-22(24,25)17-6-4-5-15(13-17)14-32-21-27-26-20(28(21)18-7-2-1-3-8-18)16-9-11-19(12-10-16)29(30)31/h1-13H,14H2. The van der Waals surface area contributed by atoms with Gasteiger partial charge < -0.3 is 0 Å². The SMILES string of the molecule is O=[N+]([O-])c1ccc(-c2nnc(SCc3cccc(C(F)(F)F)c3)n2-c2ccccc2)cc1. The zero-order valence-electron chi connectivity index (χ0n) is 16.4. The highest BCUT2D eigenvalue weighted by molar-refractivity contribution is 7.98. The van der Waals surface area contributed by atoms with Gasteiger partial charge in [-0.3, -0.25) is 14.7 Å². The Morgan fingerprint density at radius 3 is 2.31 bits per heavy atom. The first kappa shape index (κ1) is 21.6. The van der Waals surface area contributed by atoms with E-state index in [-0.39, 0.29) is 11.4 Å². The molecule has 0 N–H and O–H groups in total. The van der Waals surface area contributed by atoms with E-state index in [9.17, 15) is 23.3 Å². The Balaban J connectivity index is 1.68. The average Bonchev–Trinajstić information content (AvgIpc) is 3.22.